The third kappa shape index (κ3) is 5.49. The summed E-state index contributed by atoms with van der Waals surface area (Å²) in [5.41, 5.74) is 1.80. The molecule has 7 rings (SSSR count). The van der Waals surface area contributed by atoms with Gasteiger partial charge in [0.15, 0.2) is 35.6 Å². The van der Waals surface area contributed by atoms with E-state index in [1.807, 2.05) is 0 Å². The van der Waals surface area contributed by atoms with Crippen LogP contribution in [0.15, 0.2) is 24.3 Å². The number of carbonyl (C=O) groups is 1. The zero-order valence-corrected chi connectivity index (χ0v) is 26.6. The van der Waals surface area contributed by atoms with Crippen molar-refractivity contribution in [2.75, 3.05) is 34.2 Å². The molecule has 2 aromatic carbocycles. The van der Waals surface area contributed by atoms with Gasteiger partial charge in [-0.2, -0.15) is 0 Å². The van der Waals surface area contributed by atoms with Gasteiger partial charge in [-0.05, 0) is 47.9 Å². The van der Waals surface area contributed by atoms with Crippen molar-refractivity contribution in [2.24, 2.45) is 11.8 Å². The number of rotatable bonds is 7. The zero-order valence-electron chi connectivity index (χ0n) is 24.8. The Morgan fingerprint density at radius 3 is 2.24 bits per heavy atom. The van der Waals surface area contributed by atoms with Crippen LogP contribution in [0.2, 0.25) is 0 Å². The lowest BCUT2D eigenvalue weighted by Crippen LogP contribution is -2.63. The molecule has 0 spiro atoms. The molecule has 15 nitrogen and oxygen atoms in total. The number of cyclic esters (lactones) is 1. The summed E-state index contributed by atoms with van der Waals surface area (Å²) in [6, 6.07) is 6.72. The molecule has 2 aromatic rings. The highest BCUT2D eigenvalue weighted by atomic mass is 32.5. The van der Waals surface area contributed by atoms with E-state index in [2.05, 4.69) is 11.8 Å². The highest BCUT2D eigenvalue weighted by Gasteiger charge is 2.56. The Bertz CT molecular complexity index is 1540. The summed E-state index contributed by atoms with van der Waals surface area (Å²) in [5.74, 6) is -1.57. The number of esters is 1. The van der Waals surface area contributed by atoms with E-state index in [0.29, 0.717) is 28.2 Å². The van der Waals surface area contributed by atoms with Gasteiger partial charge in [-0.1, -0.05) is 0 Å². The molecule has 2 unspecified atom stereocenters. The second-order valence-electron chi connectivity index (χ2n) is 11.6. The van der Waals surface area contributed by atoms with Crippen LogP contribution in [0.5, 0.6) is 28.7 Å². The first-order chi connectivity index (χ1) is 22.0. The predicted molar refractivity (Wildman–Crippen MR) is 156 cm³/mol. The van der Waals surface area contributed by atoms with Gasteiger partial charge >= 0.3 is 12.7 Å². The van der Waals surface area contributed by atoms with Gasteiger partial charge in [-0.25, -0.2) is 0 Å². The van der Waals surface area contributed by atoms with E-state index in [9.17, 15) is 24.8 Å². The molecule has 3 saturated heterocycles. The summed E-state index contributed by atoms with van der Waals surface area (Å²) in [6.07, 6.45) is -7.06. The maximum atomic E-state index is 13.5. The lowest BCUT2D eigenvalue weighted by Gasteiger charge is -2.47. The van der Waals surface area contributed by atoms with Crippen molar-refractivity contribution >= 4 is 24.5 Å². The van der Waals surface area contributed by atoms with E-state index in [1.54, 1.807) is 31.2 Å². The first-order valence-corrected chi connectivity index (χ1v) is 17.1. The minimum atomic E-state index is -4.17. The van der Waals surface area contributed by atoms with E-state index in [1.165, 1.54) is 14.2 Å². The number of fused-ring (bicyclic) bond motifs is 4. The van der Waals surface area contributed by atoms with E-state index >= 15 is 0 Å². The number of ether oxygens (including phenoxy) is 9. The standard InChI is InChI=1S/C29H33O15PS/c1-11-37-9-20-27(41-11)23(30)24(31)29(42-20)43-25-14-7-17-16(39-10-40-17)6-13(14)21(22-15(25)8-38-28(22)32)12-4-18(35-2)26(19(5-12)36-3)44-45(33,34)46/h4-7,11,15,20-25,27,29-31H,8-10H2,1-3H3,(H2,33,34,46)/t11-,15?,20-,21-,22+,23-,24-,25?,27-,29+/m1/s1. The van der Waals surface area contributed by atoms with Crippen LogP contribution in [-0.4, -0.2) is 97.2 Å². The molecule has 46 heavy (non-hydrogen) atoms. The van der Waals surface area contributed by atoms with Crippen molar-refractivity contribution in [1.29, 1.82) is 0 Å². The Morgan fingerprint density at radius 1 is 0.913 bits per heavy atom. The summed E-state index contributed by atoms with van der Waals surface area (Å²) < 4.78 is 57.1. The Labute approximate surface area is 268 Å². The quantitative estimate of drug-likeness (QED) is 0.240. The smallest absolute Gasteiger partial charge is 0.375 e. The number of aliphatic hydroxyl groups excluding tert-OH is 2. The molecule has 0 bridgehead atoms. The largest absolute Gasteiger partial charge is 0.493 e. The van der Waals surface area contributed by atoms with Crippen molar-refractivity contribution < 1.29 is 71.9 Å². The highest BCUT2D eigenvalue weighted by Crippen LogP contribution is 2.58. The Morgan fingerprint density at radius 2 is 1.59 bits per heavy atom. The summed E-state index contributed by atoms with van der Waals surface area (Å²) in [7, 11) is 2.73. The van der Waals surface area contributed by atoms with E-state index < -0.39 is 73.5 Å². The van der Waals surface area contributed by atoms with Crippen molar-refractivity contribution in [2.45, 2.75) is 55.9 Å². The fourth-order valence-corrected chi connectivity index (χ4v) is 7.57. The molecule has 0 saturated carbocycles. The third-order valence-electron chi connectivity index (χ3n) is 8.94. The van der Waals surface area contributed by atoms with Gasteiger partial charge in [0.25, 0.3) is 0 Å². The lowest BCUT2D eigenvalue weighted by molar-refractivity contribution is -0.364. The van der Waals surface area contributed by atoms with Crippen molar-refractivity contribution in [3.05, 3.63) is 41.0 Å². The van der Waals surface area contributed by atoms with E-state index in [0.717, 1.165) is 0 Å². The Hall–Kier alpha value is -2.76. The van der Waals surface area contributed by atoms with Gasteiger partial charge in [-0.3, -0.25) is 4.79 Å². The first kappa shape index (κ1) is 31.8. The SMILES string of the molecule is COc1cc([C@@H]2c3cc4c(cc3C(O[C@@H]3O[C@@H]5CO[C@@H](C)O[C@H]5[C@H](O)[C@H]3O)C3COC(=O)[C@@H]32)OCO4)cc(OC)c1OP(O)(O)=S. The van der Waals surface area contributed by atoms with Crippen LogP contribution in [-0.2, 0) is 40.3 Å². The number of hydrogen-bond donors (Lipinski definition) is 4. The van der Waals surface area contributed by atoms with Gasteiger partial charge in [0.2, 0.25) is 12.5 Å². The van der Waals surface area contributed by atoms with Gasteiger partial charge in [-0.15, -0.1) is 0 Å². The molecule has 3 fully saturated rings. The predicted octanol–water partition coefficient (Wildman–Crippen LogP) is 1.22. The lowest BCUT2D eigenvalue weighted by atomic mass is 9.66. The molecular formula is C29H33O15PS. The summed E-state index contributed by atoms with van der Waals surface area (Å²) in [5, 5.41) is 22.0. The topological polar surface area (TPSA) is 190 Å². The van der Waals surface area contributed by atoms with Gasteiger partial charge < -0.3 is 67.2 Å². The van der Waals surface area contributed by atoms with E-state index in [4.69, 9.17) is 47.2 Å². The second-order valence-corrected chi connectivity index (χ2v) is 14.1. The summed E-state index contributed by atoms with van der Waals surface area (Å²) >= 11 is 4.68. The average molecular weight is 685 g/mol. The number of aliphatic hydroxyl groups is 2. The summed E-state index contributed by atoms with van der Waals surface area (Å²) in [6.45, 7) is -2.38. The number of methoxy groups -OCH3 is 2. The zero-order chi connectivity index (χ0) is 32.5. The summed E-state index contributed by atoms with van der Waals surface area (Å²) in [4.78, 5) is 33.3. The Balaban J connectivity index is 1.32. The molecule has 0 aromatic heterocycles. The maximum absolute atomic E-state index is 13.5. The Kier molecular flexibility index (Phi) is 8.33. The molecule has 0 amide bonds. The van der Waals surface area contributed by atoms with Crippen molar-refractivity contribution in [3.8, 4) is 28.7 Å². The highest BCUT2D eigenvalue weighted by molar-refractivity contribution is 8.06. The minimum Gasteiger partial charge on any atom is -0.493 e. The normalized spacial score (nSPS) is 34.6. The second kappa shape index (κ2) is 12.0. The average Bonchev–Trinajstić information content (AvgIpc) is 3.64. The molecule has 10 atom stereocenters. The van der Waals surface area contributed by atoms with Gasteiger partial charge in [0.05, 0.1) is 39.5 Å². The molecule has 17 heteroatoms. The molecule has 250 valence electrons. The monoisotopic (exact) mass is 684 g/mol. The molecule has 4 aliphatic heterocycles. The van der Waals surface area contributed by atoms with Crippen LogP contribution in [0.3, 0.4) is 0 Å². The fourth-order valence-electron chi connectivity index (χ4n) is 6.93. The van der Waals surface area contributed by atoms with Crippen LogP contribution in [0.1, 0.15) is 35.6 Å². The van der Waals surface area contributed by atoms with Crippen molar-refractivity contribution in [1.82, 2.24) is 0 Å². The minimum absolute atomic E-state index is 0.00680. The first-order valence-electron chi connectivity index (χ1n) is 14.5. The van der Waals surface area contributed by atoms with E-state index in [-0.39, 0.29) is 37.3 Å². The van der Waals surface area contributed by atoms with Crippen LogP contribution in [0.4, 0.5) is 0 Å². The number of benzene rings is 2. The molecule has 4 N–H and O–H groups in total. The van der Waals surface area contributed by atoms with Crippen LogP contribution >= 0.6 is 6.72 Å². The van der Waals surface area contributed by atoms with Gasteiger partial charge in [0.1, 0.15) is 24.4 Å². The maximum Gasteiger partial charge on any atom is 0.375 e. The molecular weight excluding hydrogens is 651 g/mol. The number of carbonyl (C=O) groups excluding carboxylic acids is 1. The molecule has 4 heterocycles. The van der Waals surface area contributed by atoms with Gasteiger partial charge in [0, 0.05) is 23.6 Å². The molecule has 5 aliphatic rings. The van der Waals surface area contributed by atoms with Crippen LogP contribution < -0.4 is 23.5 Å². The third-order valence-corrected chi connectivity index (χ3v) is 9.58. The van der Waals surface area contributed by atoms with Crippen LogP contribution in [0.25, 0.3) is 0 Å². The van der Waals surface area contributed by atoms with Crippen molar-refractivity contribution in [3.63, 3.8) is 0 Å². The molecule has 1 aliphatic carbocycles. The number of hydrogen-bond acceptors (Lipinski definition) is 14. The van der Waals surface area contributed by atoms with Crippen LogP contribution in [0, 0.1) is 11.8 Å². The fraction of sp³-hybridized carbons (Fsp3) is 0.552. The molecule has 0 radical (unpaired) electrons.